The van der Waals surface area contributed by atoms with Crippen LogP contribution >= 0.6 is 11.6 Å². The van der Waals surface area contributed by atoms with Crippen molar-refractivity contribution in [3.8, 4) is 0 Å². The SMILES string of the molecule is C=C(F)c1ccc(N2CCN[C@@H](C)C2)nc1C(=O)c1cccnc1N.CC(C)C[C@H]1CN(c2ccc(C(F)(F)F)c(C(=O)c3cc(Cl)cnc3N)n2)C[C@H](C)N1.C[C@@H]1CNCCN1c1ccc(C(F)(F)F)c(C(=O)c2cccnc2N)n1.[HH].[HH].[HH]. The van der Waals surface area contributed by atoms with Gasteiger partial charge in [-0.3, -0.25) is 14.4 Å². The molecule has 3 aliphatic rings. The lowest BCUT2D eigenvalue weighted by Crippen LogP contribution is -2.56. The van der Waals surface area contributed by atoms with E-state index in [1.165, 1.54) is 55.0 Å². The van der Waals surface area contributed by atoms with E-state index in [4.69, 9.17) is 28.8 Å². The number of nitrogens with zero attached hydrogens (tertiary/aromatic N) is 9. The lowest BCUT2D eigenvalue weighted by atomic mass is 9.99. The molecule has 9 heterocycles. The molecule has 3 aliphatic heterocycles. The quantitative estimate of drug-likeness (QED) is 0.0494. The number of hydrogen-bond acceptors (Lipinski definition) is 18. The van der Waals surface area contributed by atoms with Crippen LogP contribution in [0.25, 0.3) is 5.83 Å². The number of ketones is 3. The summed E-state index contributed by atoms with van der Waals surface area (Å²) in [6, 6.07) is 15.4. The number of halogens is 8. The van der Waals surface area contributed by atoms with Crippen molar-refractivity contribution in [2.24, 2.45) is 5.92 Å². The van der Waals surface area contributed by atoms with Crippen molar-refractivity contribution in [2.75, 3.05) is 84.3 Å². The van der Waals surface area contributed by atoms with E-state index in [2.05, 4.69) is 78.1 Å². The summed E-state index contributed by atoms with van der Waals surface area (Å²) in [4.78, 5) is 68.6. The first-order valence-electron chi connectivity index (χ1n) is 26.2. The van der Waals surface area contributed by atoms with Crippen molar-refractivity contribution < 1.29 is 49.4 Å². The second-order valence-electron chi connectivity index (χ2n) is 20.4. The first-order chi connectivity index (χ1) is 38.7. The van der Waals surface area contributed by atoms with Crippen LogP contribution in [0.4, 0.5) is 65.6 Å². The fraction of sp³-hybridized carbons (Fsp3) is 0.375. The van der Waals surface area contributed by atoms with Crippen LogP contribution < -0.4 is 47.9 Å². The molecule has 3 fully saturated rings. The van der Waals surface area contributed by atoms with Gasteiger partial charge in [0.15, 0.2) is 0 Å². The number of hydrogen-bond donors (Lipinski definition) is 6. The maximum atomic E-state index is 13.8. The van der Waals surface area contributed by atoms with Crippen molar-refractivity contribution in [1.29, 1.82) is 0 Å². The summed E-state index contributed by atoms with van der Waals surface area (Å²) < 4.78 is 95.1. The van der Waals surface area contributed by atoms with Crippen LogP contribution in [0.15, 0.2) is 91.9 Å². The first-order valence-corrected chi connectivity index (χ1v) is 26.5. The molecule has 0 spiro atoms. The van der Waals surface area contributed by atoms with E-state index in [9.17, 15) is 45.1 Å². The molecule has 9 N–H and O–H groups in total. The topological polar surface area (TPSA) is 252 Å². The molecule has 0 radical (unpaired) electrons. The third-order valence-electron chi connectivity index (χ3n) is 13.5. The third-order valence-corrected chi connectivity index (χ3v) is 13.7. The monoisotopic (exact) mass is 1170 g/mol. The maximum absolute atomic E-state index is 13.8. The zero-order chi connectivity index (χ0) is 59.8. The lowest BCUT2D eigenvalue weighted by Gasteiger charge is -2.39. The van der Waals surface area contributed by atoms with Crippen molar-refractivity contribution in [3.05, 3.63) is 147 Å². The van der Waals surface area contributed by atoms with Gasteiger partial charge in [-0.2, -0.15) is 26.3 Å². The van der Waals surface area contributed by atoms with Gasteiger partial charge >= 0.3 is 12.4 Å². The molecular weight excluding hydrogens is 1100 g/mol. The molecule has 82 heavy (non-hydrogen) atoms. The average molecular weight is 1170 g/mol. The molecule has 0 amide bonds. The molecule has 442 valence electrons. The number of pyridine rings is 6. The number of rotatable bonds is 12. The molecule has 4 atom stereocenters. The molecule has 6 aromatic heterocycles. The second-order valence-corrected chi connectivity index (χ2v) is 20.8. The highest BCUT2D eigenvalue weighted by Crippen LogP contribution is 2.37. The Kier molecular flexibility index (Phi) is 19.9. The average Bonchev–Trinajstić information content (AvgIpc) is 1.91. The van der Waals surface area contributed by atoms with Gasteiger partial charge in [0, 0.05) is 105 Å². The summed E-state index contributed by atoms with van der Waals surface area (Å²) >= 11 is 5.88. The fourth-order valence-corrected chi connectivity index (χ4v) is 9.85. The summed E-state index contributed by atoms with van der Waals surface area (Å²) in [7, 11) is 0. The number of aromatic nitrogens is 6. The second kappa shape index (κ2) is 26.4. The molecular formula is C56H69ClF7N15O3. The van der Waals surface area contributed by atoms with Crippen LogP contribution in [-0.4, -0.2) is 124 Å². The molecule has 3 saturated heterocycles. The summed E-state index contributed by atoms with van der Waals surface area (Å²) in [5.74, 6) is -1.56. The first kappa shape index (κ1) is 61.7. The molecule has 6 aromatic rings. The summed E-state index contributed by atoms with van der Waals surface area (Å²) in [6.07, 6.45) is -4.47. The summed E-state index contributed by atoms with van der Waals surface area (Å²) in [5.41, 5.74) is 13.5. The van der Waals surface area contributed by atoms with Gasteiger partial charge in [-0.25, -0.2) is 34.3 Å². The predicted molar refractivity (Wildman–Crippen MR) is 308 cm³/mol. The predicted octanol–water partition coefficient (Wildman–Crippen LogP) is 9.05. The number of alkyl halides is 6. The number of carbonyl (C=O) groups excluding carboxylic acids is 3. The van der Waals surface area contributed by atoms with E-state index in [1.54, 1.807) is 18.2 Å². The van der Waals surface area contributed by atoms with Crippen molar-refractivity contribution in [1.82, 2.24) is 45.9 Å². The van der Waals surface area contributed by atoms with Gasteiger partial charge in [0.05, 0.1) is 32.8 Å². The largest absolute Gasteiger partial charge is 0.418 e. The summed E-state index contributed by atoms with van der Waals surface area (Å²) in [5, 5.41) is 10.1. The highest BCUT2D eigenvalue weighted by atomic mass is 35.5. The van der Waals surface area contributed by atoms with Gasteiger partial charge in [-0.1, -0.05) is 32.0 Å². The number of nitrogen functional groups attached to an aromatic ring is 3. The van der Waals surface area contributed by atoms with Crippen molar-refractivity contribution >= 4 is 69.7 Å². The number of piperazine rings is 3. The molecule has 0 unspecified atom stereocenters. The zero-order valence-corrected chi connectivity index (χ0v) is 46.3. The number of nitrogens with one attached hydrogen (secondary N) is 3. The van der Waals surface area contributed by atoms with Crippen molar-refractivity contribution in [2.45, 2.75) is 77.6 Å². The minimum Gasteiger partial charge on any atom is -0.383 e. The Bertz CT molecular complexity index is 3310. The van der Waals surface area contributed by atoms with Gasteiger partial charge in [0.2, 0.25) is 17.3 Å². The normalized spacial score (nSPS) is 18.4. The van der Waals surface area contributed by atoms with E-state index in [0.717, 1.165) is 38.2 Å². The highest BCUT2D eigenvalue weighted by molar-refractivity contribution is 6.31. The minimum absolute atomic E-state index is 0. The smallest absolute Gasteiger partial charge is 0.383 e. The molecule has 18 nitrogen and oxygen atoms in total. The van der Waals surface area contributed by atoms with E-state index in [1.807, 2.05) is 23.6 Å². The van der Waals surface area contributed by atoms with Crippen LogP contribution in [0.3, 0.4) is 0 Å². The van der Waals surface area contributed by atoms with Gasteiger partial charge < -0.3 is 47.9 Å². The van der Waals surface area contributed by atoms with Gasteiger partial charge in [-0.05, 0) is 99.8 Å². The Hall–Kier alpha value is -7.87. The van der Waals surface area contributed by atoms with Crippen LogP contribution in [0.5, 0.6) is 0 Å². The standard InChI is InChI=1S/C21H25ClF3N5O.C18H20FN5O.C17H18F3N5O.3H2/c1-11(2)6-14-10-30(9-12(3)28-14)17-5-4-16(21(23,24)25)18(29-17)19(31)15-7-13(22)8-27-20(15)26;1-11-10-24(9-8-21-11)15-6-5-13(12(2)19)16(23-15)17(25)14-4-3-7-22-18(14)20;1-10-9-22-7-8-25(10)13-5-4-12(17(18,19)20)14(24-13)15(26)11-3-2-6-23-16(11)21;;;/h4-5,7-8,11-12,14,28H,6,9-10H2,1-3H3,(H2,26,27);3-7,11,21H,2,8-10H2,1H3,(H2,20,22);2-6,10,22H,7-9H2,1H3,(H2,21,23);3*1H/t12-,14-;11-;10-;;;/m001.../s1. The van der Waals surface area contributed by atoms with Gasteiger partial charge in [0.1, 0.15) is 57.8 Å². The van der Waals surface area contributed by atoms with E-state index < -0.39 is 58.0 Å². The zero-order valence-electron chi connectivity index (χ0n) is 45.5. The van der Waals surface area contributed by atoms with E-state index in [-0.39, 0.29) is 72.8 Å². The van der Waals surface area contributed by atoms with Gasteiger partial charge in [-0.15, -0.1) is 0 Å². The molecule has 0 saturated carbocycles. The van der Waals surface area contributed by atoms with Crippen LogP contribution in [0.1, 0.15) is 110 Å². The Balaban J connectivity index is 0.000000270. The van der Waals surface area contributed by atoms with Crippen LogP contribution in [-0.2, 0) is 12.4 Å². The third kappa shape index (κ3) is 15.2. The Morgan fingerprint density at radius 1 is 0.683 bits per heavy atom. The summed E-state index contributed by atoms with van der Waals surface area (Å²) in [6.45, 7) is 19.0. The molecule has 0 bridgehead atoms. The highest BCUT2D eigenvalue weighted by Gasteiger charge is 2.40. The van der Waals surface area contributed by atoms with E-state index >= 15 is 0 Å². The Morgan fingerprint density at radius 3 is 1.77 bits per heavy atom. The minimum atomic E-state index is -4.76. The number of anilines is 6. The van der Waals surface area contributed by atoms with Gasteiger partial charge in [0.25, 0.3) is 0 Å². The van der Waals surface area contributed by atoms with Crippen LogP contribution in [0, 0.1) is 5.92 Å². The lowest BCUT2D eigenvalue weighted by molar-refractivity contribution is -0.138. The van der Waals surface area contributed by atoms with Crippen LogP contribution in [0.2, 0.25) is 5.02 Å². The molecule has 0 aromatic carbocycles. The number of nitrogens with two attached hydrogens (primary N) is 3. The molecule has 0 aliphatic carbocycles. The molecule has 9 rings (SSSR count). The Labute approximate surface area is 478 Å². The Morgan fingerprint density at radius 2 is 1.21 bits per heavy atom. The fourth-order valence-electron chi connectivity index (χ4n) is 9.69. The molecule has 26 heteroatoms. The maximum Gasteiger partial charge on any atom is 0.418 e. The van der Waals surface area contributed by atoms with Crippen molar-refractivity contribution in [3.63, 3.8) is 0 Å². The number of carbonyl (C=O) groups is 3. The van der Waals surface area contributed by atoms with E-state index in [0.29, 0.717) is 62.1 Å².